The monoisotopic (exact) mass is 513 g/mol. The number of ketones is 3. The maximum atomic E-state index is 13.3. The number of rotatable bonds is 4. The van der Waals surface area contributed by atoms with Crippen LogP contribution in [0.5, 0.6) is 11.5 Å². The number of ether oxygens (including phenoxy) is 2. The molecule has 196 valence electrons. The lowest BCUT2D eigenvalue weighted by Gasteiger charge is -2.42. The molecule has 1 fully saturated rings. The Morgan fingerprint density at radius 3 is 2.30 bits per heavy atom. The number of hydrogen-bond acceptors (Lipinski definition) is 11. The second-order valence-corrected chi connectivity index (χ2v) is 9.82. The molecule has 0 spiro atoms. The molecule has 2 aromatic rings. The van der Waals surface area contributed by atoms with E-state index in [0.29, 0.717) is 0 Å². The third-order valence-electron chi connectivity index (χ3n) is 7.50. The second kappa shape index (κ2) is 8.98. The maximum absolute atomic E-state index is 13.3. The molecule has 11 nitrogen and oxygen atoms in total. The third-order valence-corrected chi connectivity index (χ3v) is 7.50. The molecular formula is C26H27NO10. The van der Waals surface area contributed by atoms with Gasteiger partial charge in [0.15, 0.2) is 23.6 Å². The molecule has 6 atom stereocenters. The fraction of sp³-hybridized carbons (Fsp3) is 0.423. The molecule has 1 saturated heterocycles. The fourth-order valence-electron chi connectivity index (χ4n) is 5.51. The van der Waals surface area contributed by atoms with E-state index in [1.165, 1.54) is 12.1 Å². The molecule has 37 heavy (non-hydrogen) atoms. The smallest absolute Gasteiger partial charge is 0.198 e. The molecule has 0 amide bonds. The first kappa shape index (κ1) is 25.5. The molecule has 0 aromatic heterocycles. The standard InChI is InChI=1S/C26H27NO10/c1-10-21(30)14(27)6-17(36-10)37-15-8-26(35,16(29)9-28)7-13-18(15)25(34)20-19(24(13)33)22(31)11-4-2-3-5-12(11)23(20)32/h2-5,10,14-15,17,21,28,30,33-35H,6-9,27H2,1H3/t10-,14-,15-,17?,21-,26-/m0/s1. The average Bonchev–Trinajstić information content (AvgIpc) is 2.87. The minimum atomic E-state index is -2.22. The van der Waals surface area contributed by atoms with Gasteiger partial charge >= 0.3 is 0 Å². The SMILES string of the molecule is C[C@@H]1OC(O[C@H]2C[C@](O)(C(=O)CO)Cc3c(O)c4c(c(O)c32)C(=O)c2ccccc2C4=O)C[C@H](N)[C@H]1O. The van der Waals surface area contributed by atoms with Crippen LogP contribution in [-0.2, 0) is 20.7 Å². The van der Waals surface area contributed by atoms with Crippen molar-refractivity contribution in [1.82, 2.24) is 0 Å². The lowest BCUT2D eigenvalue weighted by molar-refractivity contribution is -0.247. The van der Waals surface area contributed by atoms with Crippen molar-refractivity contribution in [1.29, 1.82) is 0 Å². The van der Waals surface area contributed by atoms with Gasteiger partial charge in [0.05, 0.1) is 29.4 Å². The molecule has 5 rings (SSSR count). The van der Waals surface area contributed by atoms with Gasteiger partial charge in [-0.15, -0.1) is 0 Å². The van der Waals surface area contributed by atoms with E-state index in [9.17, 15) is 39.9 Å². The Hall–Kier alpha value is -3.19. The van der Waals surface area contributed by atoms with Crippen LogP contribution in [0.15, 0.2) is 24.3 Å². The second-order valence-electron chi connectivity index (χ2n) is 9.82. The highest BCUT2D eigenvalue weighted by atomic mass is 16.7. The summed E-state index contributed by atoms with van der Waals surface area (Å²) in [6.07, 6.45) is -4.97. The van der Waals surface area contributed by atoms with Gasteiger partial charge in [-0.3, -0.25) is 14.4 Å². The van der Waals surface area contributed by atoms with Crippen LogP contribution in [0.25, 0.3) is 0 Å². The number of carbonyl (C=O) groups is 3. The first-order chi connectivity index (χ1) is 17.5. The van der Waals surface area contributed by atoms with Crippen LogP contribution >= 0.6 is 0 Å². The normalized spacial score (nSPS) is 30.9. The zero-order chi connectivity index (χ0) is 26.8. The summed E-state index contributed by atoms with van der Waals surface area (Å²) in [7, 11) is 0. The number of benzene rings is 2. The van der Waals surface area contributed by atoms with Gasteiger partial charge < -0.3 is 40.7 Å². The van der Waals surface area contributed by atoms with Crippen LogP contribution in [0, 0.1) is 0 Å². The van der Waals surface area contributed by atoms with E-state index in [4.69, 9.17) is 15.2 Å². The first-order valence-electron chi connectivity index (χ1n) is 11.9. The van der Waals surface area contributed by atoms with Crippen molar-refractivity contribution in [2.24, 2.45) is 5.73 Å². The van der Waals surface area contributed by atoms with Gasteiger partial charge in [-0.2, -0.15) is 0 Å². The average molecular weight is 513 g/mol. The number of carbonyl (C=O) groups excluding carboxylic acids is 3. The number of aliphatic hydroxyl groups excluding tert-OH is 2. The van der Waals surface area contributed by atoms with Crippen molar-refractivity contribution in [3.63, 3.8) is 0 Å². The molecule has 1 unspecified atom stereocenters. The summed E-state index contributed by atoms with van der Waals surface area (Å²) < 4.78 is 11.7. The summed E-state index contributed by atoms with van der Waals surface area (Å²) in [5, 5.41) is 53.4. The molecule has 1 aliphatic heterocycles. The summed E-state index contributed by atoms with van der Waals surface area (Å²) in [5.41, 5.74) is 2.78. The van der Waals surface area contributed by atoms with Gasteiger partial charge in [0, 0.05) is 47.6 Å². The number of phenols is 2. The number of hydrogen-bond donors (Lipinski definition) is 6. The Bertz CT molecular complexity index is 1310. The minimum Gasteiger partial charge on any atom is -0.507 e. The van der Waals surface area contributed by atoms with Crippen molar-refractivity contribution in [2.75, 3.05) is 6.61 Å². The van der Waals surface area contributed by atoms with Crippen LogP contribution in [0.4, 0.5) is 0 Å². The summed E-state index contributed by atoms with van der Waals surface area (Å²) in [4.78, 5) is 39.2. The fourth-order valence-corrected chi connectivity index (χ4v) is 5.51. The zero-order valence-corrected chi connectivity index (χ0v) is 19.9. The molecule has 0 bridgehead atoms. The van der Waals surface area contributed by atoms with Crippen LogP contribution in [0.1, 0.15) is 68.8 Å². The predicted octanol–water partition coefficient (Wildman–Crippen LogP) is -0.00730. The van der Waals surface area contributed by atoms with Crippen molar-refractivity contribution >= 4 is 17.3 Å². The zero-order valence-electron chi connectivity index (χ0n) is 19.9. The summed E-state index contributed by atoms with van der Waals surface area (Å²) >= 11 is 0. The van der Waals surface area contributed by atoms with E-state index in [2.05, 4.69) is 0 Å². The Labute approximate surface area is 211 Å². The van der Waals surface area contributed by atoms with E-state index in [1.807, 2.05) is 0 Å². The number of aliphatic hydroxyl groups is 3. The van der Waals surface area contributed by atoms with E-state index in [-0.39, 0.29) is 28.7 Å². The predicted molar refractivity (Wildman–Crippen MR) is 125 cm³/mol. The van der Waals surface area contributed by atoms with Gasteiger partial charge in [0.25, 0.3) is 0 Å². The van der Waals surface area contributed by atoms with Crippen molar-refractivity contribution < 1.29 is 49.4 Å². The number of aromatic hydroxyl groups is 2. The van der Waals surface area contributed by atoms with Crippen LogP contribution < -0.4 is 5.73 Å². The molecule has 2 aromatic carbocycles. The quantitative estimate of drug-likeness (QED) is 0.257. The highest BCUT2D eigenvalue weighted by Gasteiger charge is 2.49. The lowest BCUT2D eigenvalue weighted by atomic mass is 9.72. The van der Waals surface area contributed by atoms with Crippen LogP contribution in [-0.4, -0.2) is 79.6 Å². The highest BCUT2D eigenvalue weighted by molar-refractivity contribution is 6.30. The highest BCUT2D eigenvalue weighted by Crippen LogP contribution is 2.52. The number of nitrogens with two attached hydrogens (primary N) is 1. The summed E-state index contributed by atoms with van der Waals surface area (Å²) in [5.74, 6) is -3.63. The van der Waals surface area contributed by atoms with Crippen molar-refractivity contribution in [2.45, 2.75) is 62.4 Å². The third kappa shape index (κ3) is 3.86. The van der Waals surface area contributed by atoms with Gasteiger partial charge in [-0.05, 0) is 6.92 Å². The largest absolute Gasteiger partial charge is 0.507 e. The lowest BCUT2D eigenvalue weighted by Crippen LogP contribution is -2.53. The molecule has 1 heterocycles. The molecule has 0 radical (unpaired) electrons. The van der Waals surface area contributed by atoms with Crippen LogP contribution in [0.3, 0.4) is 0 Å². The van der Waals surface area contributed by atoms with E-state index in [0.717, 1.165) is 0 Å². The van der Waals surface area contributed by atoms with Crippen molar-refractivity contribution in [3.05, 3.63) is 57.6 Å². The Balaban J connectivity index is 1.67. The Morgan fingerprint density at radius 2 is 1.73 bits per heavy atom. The Morgan fingerprint density at radius 1 is 1.14 bits per heavy atom. The number of Topliss-reactive ketones (excluding diaryl/α,β-unsaturated/α-hetero) is 1. The molecule has 2 aliphatic carbocycles. The van der Waals surface area contributed by atoms with Gasteiger partial charge in [0.1, 0.15) is 23.7 Å². The Kier molecular flexibility index (Phi) is 6.18. The topological polar surface area (TPSA) is 197 Å². The van der Waals surface area contributed by atoms with E-state index < -0.39 is 95.7 Å². The first-order valence-corrected chi connectivity index (χ1v) is 11.9. The number of fused-ring (bicyclic) bond motifs is 3. The number of phenolic OH excluding ortho intramolecular Hbond substituents is 2. The minimum absolute atomic E-state index is 0.0339. The summed E-state index contributed by atoms with van der Waals surface area (Å²) in [6, 6.07) is 5.27. The maximum Gasteiger partial charge on any atom is 0.198 e. The van der Waals surface area contributed by atoms with Gasteiger partial charge in [0.2, 0.25) is 0 Å². The van der Waals surface area contributed by atoms with Crippen LogP contribution in [0.2, 0.25) is 0 Å². The van der Waals surface area contributed by atoms with E-state index >= 15 is 0 Å². The molecule has 0 saturated carbocycles. The van der Waals surface area contributed by atoms with Gasteiger partial charge in [-0.25, -0.2) is 0 Å². The van der Waals surface area contributed by atoms with E-state index in [1.54, 1.807) is 19.1 Å². The molecule has 7 N–H and O–H groups in total. The molecular weight excluding hydrogens is 486 g/mol. The van der Waals surface area contributed by atoms with Crippen molar-refractivity contribution in [3.8, 4) is 11.5 Å². The molecule has 3 aliphatic rings. The summed E-state index contributed by atoms with van der Waals surface area (Å²) in [6.45, 7) is 0.580. The molecule has 11 heteroatoms. The van der Waals surface area contributed by atoms with Gasteiger partial charge in [-0.1, -0.05) is 24.3 Å².